The molecule has 0 unspecified atom stereocenters. The zero-order chi connectivity index (χ0) is 12.6. The Morgan fingerprint density at radius 3 is 1.88 bits per heavy atom. The third-order valence-electron chi connectivity index (χ3n) is 3.04. The van der Waals surface area contributed by atoms with E-state index in [0.29, 0.717) is 0 Å². The quantitative estimate of drug-likeness (QED) is 0.494. The number of ether oxygens (including phenoxy) is 1. The molecule has 2 nitrogen and oxygen atoms in total. The molecule has 0 spiro atoms. The topological polar surface area (TPSA) is 26.3 Å². The van der Waals surface area contributed by atoms with Crippen molar-refractivity contribution in [2.45, 2.75) is 65.5 Å². The molecule has 0 radical (unpaired) electrons. The van der Waals surface area contributed by atoms with Crippen molar-refractivity contribution in [3.63, 3.8) is 0 Å². The van der Waals surface area contributed by atoms with Crippen molar-refractivity contribution in [3.05, 3.63) is 0 Å². The van der Waals surface area contributed by atoms with Gasteiger partial charge in [-0.1, -0.05) is 0 Å². The Kier molecular flexibility index (Phi) is 8.54. The summed E-state index contributed by atoms with van der Waals surface area (Å²) < 4.78 is 7.45. The van der Waals surface area contributed by atoms with Crippen LogP contribution in [-0.4, -0.2) is 33.3 Å². The summed E-state index contributed by atoms with van der Waals surface area (Å²) in [5.41, 5.74) is 0. The van der Waals surface area contributed by atoms with Crippen LogP contribution in [0, 0.1) is 0 Å². The molecule has 0 aromatic carbocycles. The van der Waals surface area contributed by atoms with E-state index >= 15 is 0 Å². The fourth-order valence-electron chi connectivity index (χ4n) is 1.75. The van der Waals surface area contributed by atoms with E-state index in [0.717, 1.165) is 0 Å². The zero-order valence-corrected chi connectivity index (χ0v) is 14.1. The molecule has 0 rings (SSSR count). The van der Waals surface area contributed by atoms with Crippen LogP contribution in [0.25, 0.3) is 0 Å². The van der Waals surface area contributed by atoms with E-state index in [1.807, 2.05) is 0 Å². The van der Waals surface area contributed by atoms with Gasteiger partial charge in [0.2, 0.25) is 0 Å². The van der Waals surface area contributed by atoms with E-state index in [1.165, 1.54) is 41.5 Å². The van der Waals surface area contributed by atoms with Gasteiger partial charge in [-0.3, -0.25) is 0 Å². The van der Waals surface area contributed by atoms with Crippen LogP contribution < -0.4 is 0 Å². The Bertz CT molecular complexity index is 194. The van der Waals surface area contributed by atoms with Gasteiger partial charge in [0, 0.05) is 0 Å². The second-order valence-electron chi connectivity index (χ2n) is 4.74. The van der Waals surface area contributed by atoms with Crippen molar-refractivity contribution in [2.24, 2.45) is 0 Å². The zero-order valence-electron chi connectivity index (χ0n) is 11.5. The number of carbonyl (C=O) groups is 1. The van der Waals surface area contributed by atoms with E-state index in [-0.39, 0.29) is 9.33 Å². The number of hydrogen-bond acceptors (Lipinski definition) is 2. The molecule has 0 saturated heterocycles. The maximum absolute atomic E-state index is 11.8. The Morgan fingerprint density at radius 2 is 1.56 bits per heavy atom. The van der Waals surface area contributed by atoms with Crippen molar-refractivity contribution in [3.8, 4) is 0 Å². The average Bonchev–Trinajstić information content (AvgIpc) is 2.27. The molecular weight excluding hydrogens is 310 g/mol. The standard InChI is InChI=1S/C5H9O2.2C4H9.Sb/c1-4(2)5(6)7-3;2*1-3-4-2;/h1-3H3;2*1,3-4H2,2H3;. The van der Waals surface area contributed by atoms with Gasteiger partial charge in [-0.25, -0.2) is 0 Å². The summed E-state index contributed by atoms with van der Waals surface area (Å²) in [7, 11) is 1.52. The van der Waals surface area contributed by atoms with Crippen LogP contribution in [0.3, 0.4) is 0 Å². The van der Waals surface area contributed by atoms with E-state index in [4.69, 9.17) is 4.74 Å². The van der Waals surface area contributed by atoms with Crippen molar-refractivity contribution in [2.75, 3.05) is 7.11 Å². The molecule has 0 aromatic heterocycles. The Hall–Kier alpha value is 0.288. The van der Waals surface area contributed by atoms with E-state index < -0.39 is 20.2 Å². The molecular formula is C13H27O2Sb. The first kappa shape index (κ1) is 16.3. The molecule has 0 aromatic rings. The summed E-state index contributed by atoms with van der Waals surface area (Å²) in [6.07, 6.45) is 5.05. The minimum absolute atomic E-state index is 0.0164. The molecule has 0 bridgehead atoms. The first-order valence-electron chi connectivity index (χ1n) is 6.34. The fourth-order valence-corrected chi connectivity index (χ4v) is 10.6. The van der Waals surface area contributed by atoms with Crippen molar-refractivity contribution in [1.82, 2.24) is 0 Å². The molecule has 0 N–H and O–H groups in total. The summed E-state index contributed by atoms with van der Waals surface area (Å²) >= 11 is -1.50. The van der Waals surface area contributed by atoms with Gasteiger partial charge in [0.15, 0.2) is 0 Å². The van der Waals surface area contributed by atoms with Gasteiger partial charge < -0.3 is 0 Å². The molecule has 0 atom stereocenters. The first-order valence-corrected chi connectivity index (χ1v) is 11.2. The monoisotopic (exact) mass is 336 g/mol. The Morgan fingerprint density at radius 1 is 1.12 bits per heavy atom. The molecule has 0 aliphatic heterocycles. The molecule has 0 fully saturated rings. The fraction of sp³-hybridized carbons (Fsp3) is 0.923. The second-order valence-corrected chi connectivity index (χ2v) is 13.6. The van der Waals surface area contributed by atoms with E-state index in [1.54, 1.807) is 0 Å². The second kappa shape index (κ2) is 8.39. The van der Waals surface area contributed by atoms with Gasteiger partial charge in [-0.2, -0.15) is 0 Å². The van der Waals surface area contributed by atoms with Crippen LogP contribution in [0.4, 0.5) is 0 Å². The molecule has 0 saturated carbocycles. The Labute approximate surface area is 108 Å². The van der Waals surface area contributed by atoms with Crippen molar-refractivity contribution >= 4 is 26.2 Å². The molecule has 3 heteroatoms. The summed E-state index contributed by atoms with van der Waals surface area (Å²) in [5, 5.41) is 0. The number of esters is 1. The Balaban J connectivity index is 4.50. The average molecular weight is 337 g/mol. The van der Waals surface area contributed by atoms with Crippen molar-refractivity contribution in [1.29, 1.82) is 0 Å². The van der Waals surface area contributed by atoms with Crippen LogP contribution in [0.1, 0.15) is 53.4 Å². The third kappa shape index (κ3) is 5.08. The first-order chi connectivity index (χ1) is 7.50. The van der Waals surface area contributed by atoms with Crippen LogP contribution in [0.2, 0.25) is 12.1 Å². The number of carbonyl (C=O) groups excluding carboxylic acids is 1. The van der Waals surface area contributed by atoms with Crippen LogP contribution in [0.5, 0.6) is 0 Å². The number of methoxy groups -OCH3 is 1. The molecule has 0 aliphatic carbocycles. The number of rotatable bonds is 8. The number of hydrogen-bond donors (Lipinski definition) is 0. The molecule has 0 heterocycles. The third-order valence-corrected chi connectivity index (χ3v) is 13.0. The molecule has 0 aliphatic rings. The minimum atomic E-state index is -1.50. The molecule has 0 amide bonds. The van der Waals surface area contributed by atoms with Gasteiger partial charge in [-0.15, -0.1) is 0 Å². The number of unbranched alkanes of at least 4 members (excludes halogenated alkanes) is 2. The summed E-state index contributed by atoms with van der Waals surface area (Å²) in [6, 6.07) is 0. The SMILES string of the molecule is CCC[CH2][Sb]([CH2]CCC)[C](C)(C)C(=O)OC. The molecule has 96 valence electrons. The van der Waals surface area contributed by atoms with Gasteiger partial charge in [0.1, 0.15) is 0 Å². The van der Waals surface area contributed by atoms with Crippen LogP contribution >= 0.6 is 0 Å². The normalized spacial score (nSPS) is 11.9. The predicted octanol–water partition coefficient (Wildman–Crippen LogP) is 4.03. The van der Waals surface area contributed by atoms with Gasteiger partial charge in [-0.05, 0) is 0 Å². The maximum atomic E-state index is 11.8. The molecule has 16 heavy (non-hydrogen) atoms. The van der Waals surface area contributed by atoms with E-state index in [9.17, 15) is 4.79 Å². The van der Waals surface area contributed by atoms with Gasteiger partial charge in [0.05, 0.1) is 0 Å². The summed E-state index contributed by atoms with van der Waals surface area (Å²) in [5.74, 6) is 0.0164. The predicted molar refractivity (Wildman–Crippen MR) is 71.2 cm³/mol. The van der Waals surface area contributed by atoms with E-state index in [2.05, 4.69) is 27.7 Å². The summed E-state index contributed by atoms with van der Waals surface area (Å²) in [6.45, 7) is 8.66. The van der Waals surface area contributed by atoms with Crippen molar-refractivity contribution < 1.29 is 9.53 Å². The van der Waals surface area contributed by atoms with Gasteiger partial charge in [0.25, 0.3) is 0 Å². The summed E-state index contributed by atoms with van der Waals surface area (Å²) in [4.78, 5) is 11.8. The van der Waals surface area contributed by atoms with Crippen LogP contribution in [0.15, 0.2) is 0 Å². The van der Waals surface area contributed by atoms with Crippen LogP contribution in [-0.2, 0) is 9.53 Å². The van der Waals surface area contributed by atoms with Gasteiger partial charge >= 0.3 is 108 Å².